The Balaban J connectivity index is 1.06. The van der Waals surface area contributed by atoms with E-state index >= 15 is 0 Å². The molecule has 0 atom stereocenters. The first-order valence-electron chi connectivity index (χ1n) is 23.5. The van der Waals surface area contributed by atoms with Gasteiger partial charge >= 0.3 is 0 Å². The van der Waals surface area contributed by atoms with Gasteiger partial charge in [-0.25, -0.2) is 4.98 Å². The summed E-state index contributed by atoms with van der Waals surface area (Å²) in [6.45, 7) is 0. The molecule has 10 aromatic carbocycles. The molecule has 0 saturated carbocycles. The number of aromatic nitrogens is 5. The van der Waals surface area contributed by atoms with E-state index < -0.39 is 0 Å². The van der Waals surface area contributed by atoms with Crippen LogP contribution in [-0.4, -0.2) is 24.1 Å². The molecule has 70 heavy (non-hydrogen) atoms. The number of rotatable bonds is 6. The molecule has 326 valence electrons. The number of hydrogen-bond donors (Lipinski definition) is 0. The molecule has 0 radical (unpaired) electrons. The zero-order chi connectivity index (χ0) is 45.9. The molecule has 5 heterocycles. The molecule has 15 rings (SSSR count). The average Bonchev–Trinajstić information content (AvgIpc) is 4.19. The second kappa shape index (κ2) is 15.2. The SMILES string of the molecule is c1ccc(-c2ccc(-c3cc(-n4c5ccccc5c5ccc6c7ccccc7n(-c7nc(-c8ccccc8)nc(-c8cccc9c8sc8ccccc89)n7)c6c54)c4oc5ccccc5c4c3)cc2)cc1. The molecule has 0 spiro atoms. The summed E-state index contributed by atoms with van der Waals surface area (Å²) in [4.78, 5) is 16.3. The van der Waals surface area contributed by atoms with Crippen LogP contribution in [0.1, 0.15) is 0 Å². The molecule has 0 aliphatic carbocycles. The maximum absolute atomic E-state index is 6.99. The smallest absolute Gasteiger partial charge is 0.238 e. The van der Waals surface area contributed by atoms with E-state index in [2.05, 4.69) is 209 Å². The molecule has 6 nitrogen and oxygen atoms in total. The van der Waals surface area contributed by atoms with Crippen molar-refractivity contribution in [2.45, 2.75) is 0 Å². The minimum absolute atomic E-state index is 0.540. The van der Waals surface area contributed by atoms with E-state index in [0.29, 0.717) is 17.6 Å². The highest BCUT2D eigenvalue weighted by molar-refractivity contribution is 7.26. The van der Waals surface area contributed by atoms with Gasteiger partial charge in [0.1, 0.15) is 5.58 Å². The summed E-state index contributed by atoms with van der Waals surface area (Å²) in [5.41, 5.74) is 13.2. The maximum atomic E-state index is 6.99. The van der Waals surface area contributed by atoms with Gasteiger partial charge in [-0.15, -0.1) is 11.3 Å². The van der Waals surface area contributed by atoms with Gasteiger partial charge in [-0.05, 0) is 64.7 Å². The Morgan fingerprint density at radius 2 is 0.914 bits per heavy atom. The third-order valence-electron chi connectivity index (χ3n) is 14.0. The van der Waals surface area contributed by atoms with Gasteiger partial charge in [-0.1, -0.05) is 182 Å². The second-order valence-electron chi connectivity index (χ2n) is 17.9. The highest BCUT2D eigenvalue weighted by Crippen LogP contribution is 2.46. The quantitative estimate of drug-likeness (QED) is 0.167. The lowest BCUT2D eigenvalue weighted by Crippen LogP contribution is -2.07. The number of nitrogens with zero attached hydrogens (tertiary/aromatic N) is 5. The monoisotopic (exact) mass is 911 g/mol. The molecule has 15 aromatic rings. The highest BCUT2D eigenvalue weighted by atomic mass is 32.1. The lowest BCUT2D eigenvalue weighted by molar-refractivity contribution is 0.666. The molecule has 0 bridgehead atoms. The average molecular weight is 912 g/mol. The van der Waals surface area contributed by atoms with Gasteiger partial charge in [0, 0.05) is 63.6 Å². The van der Waals surface area contributed by atoms with Crippen LogP contribution in [0, 0.1) is 0 Å². The third kappa shape index (κ3) is 5.82. The summed E-state index contributed by atoms with van der Waals surface area (Å²) in [6.07, 6.45) is 0. The Morgan fingerprint density at radius 1 is 0.357 bits per heavy atom. The Bertz CT molecular complexity index is 4580. The Hall–Kier alpha value is -9.17. The van der Waals surface area contributed by atoms with Crippen molar-refractivity contribution in [1.29, 1.82) is 0 Å². The molecular formula is C63H37N5OS. The van der Waals surface area contributed by atoms with Crippen LogP contribution < -0.4 is 0 Å². The van der Waals surface area contributed by atoms with Crippen LogP contribution in [0.3, 0.4) is 0 Å². The first-order chi connectivity index (χ1) is 34.7. The van der Waals surface area contributed by atoms with Crippen LogP contribution in [-0.2, 0) is 0 Å². The molecule has 0 aliphatic rings. The fourth-order valence-electron chi connectivity index (χ4n) is 10.8. The van der Waals surface area contributed by atoms with Crippen molar-refractivity contribution >= 4 is 97.1 Å². The number of thiophene rings is 1. The van der Waals surface area contributed by atoms with Gasteiger partial charge < -0.3 is 8.98 Å². The van der Waals surface area contributed by atoms with E-state index in [1.54, 1.807) is 11.3 Å². The molecule has 0 fully saturated rings. The molecule has 0 aliphatic heterocycles. The largest absolute Gasteiger partial charge is 0.454 e. The van der Waals surface area contributed by atoms with E-state index in [4.69, 9.17) is 19.4 Å². The van der Waals surface area contributed by atoms with E-state index in [1.165, 1.54) is 26.6 Å². The van der Waals surface area contributed by atoms with Gasteiger partial charge in [-0.3, -0.25) is 4.57 Å². The summed E-state index contributed by atoms with van der Waals surface area (Å²) in [7, 11) is 0. The molecule has 0 saturated heterocycles. The molecule has 0 unspecified atom stereocenters. The van der Waals surface area contributed by atoms with Crippen LogP contribution in [0.2, 0.25) is 0 Å². The van der Waals surface area contributed by atoms with Crippen LogP contribution in [0.5, 0.6) is 0 Å². The maximum Gasteiger partial charge on any atom is 0.238 e. The minimum atomic E-state index is 0.540. The second-order valence-corrected chi connectivity index (χ2v) is 19.0. The Labute approximate surface area is 404 Å². The Kier molecular flexibility index (Phi) is 8.43. The van der Waals surface area contributed by atoms with Crippen LogP contribution in [0.4, 0.5) is 0 Å². The number of fused-ring (bicyclic) bond motifs is 13. The van der Waals surface area contributed by atoms with Crippen molar-refractivity contribution in [3.63, 3.8) is 0 Å². The van der Waals surface area contributed by atoms with Gasteiger partial charge in [0.25, 0.3) is 0 Å². The number of furan rings is 1. The molecular weight excluding hydrogens is 875 g/mol. The zero-order valence-corrected chi connectivity index (χ0v) is 38.2. The lowest BCUT2D eigenvalue weighted by Gasteiger charge is -2.15. The van der Waals surface area contributed by atoms with Crippen molar-refractivity contribution in [2.24, 2.45) is 0 Å². The Morgan fingerprint density at radius 3 is 1.66 bits per heavy atom. The first kappa shape index (κ1) is 38.9. The highest BCUT2D eigenvalue weighted by Gasteiger charge is 2.26. The predicted octanol–water partition coefficient (Wildman–Crippen LogP) is 17.0. The minimum Gasteiger partial charge on any atom is -0.454 e. The van der Waals surface area contributed by atoms with E-state index in [1.807, 2.05) is 24.3 Å². The number of para-hydroxylation sites is 3. The number of benzene rings is 10. The van der Waals surface area contributed by atoms with E-state index in [9.17, 15) is 0 Å². The van der Waals surface area contributed by atoms with Gasteiger partial charge in [0.15, 0.2) is 17.2 Å². The lowest BCUT2D eigenvalue weighted by atomic mass is 9.98. The van der Waals surface area contributed by atoms with E-state index in [0.717, 1.165) is 98.2 Å². The summed E-state index contributed by atoms with van der Waals surface area (Å²) in [6, 6.07) is 79.6. The zero-order valence-electron chi connectivity index (χ0n) is 37.4. The normalized spacial score (nSPS) is 12.0. The van der Waals surface area contributed by atoms with Crippen molar-refractivity contribution in [1.82, 2.24) is 24.1 Å². The van der Waals surface area contributed by atoms with Crippen LogP contribution in [0.15, 0.2) is 229 Å². The third-order valence-corrected chi connectivity index (χ3v) is 15.2. The fourth-order valence-corrected chi connectivity index (χ4v) is 12.0. The van der Waals surface area contributed by atoms with Gasteiger partial charge in [0.2, 0.25) is 5.95 Å². The van der Waals surface area contributed by atoms with Crippen molar-refractivity contribution in [2.75, 3.05) is 0 Å². The fraction of sp³-hybridized carbons (Fsp3) is 0. The predicted molar refractivity (Wildman–Crippen MR) is 290 cm³/mol. The summed E-state index contributed by atoms with van der Waals surface area (Å²) < 4.78 is 14.1. The summed E-state index contributed by atoms with van der Waals surface area (Å²) in [5, 5.41) is 8.99. The topological polar surface area (TPSA) is 61.7 Å². The van der Waals surface area contributed by atoms with Crippen LogP contribution in [0.25, 0.3) is 142 Å². The first-order valence-corrected chi connectivity index (χ1v) is 24.3. The van der Waals surface area contributed by atoms with E-state index in [-0.39, 0.29) is 0 Å². The van der Waals surface area contributed by atoms with Crippen molar-refractivity contribution in [3.8, 4) is 56.7 Å². The van der Waals surface area contributed by atoms with Gasteiger partial charge in [0.05, 0.1) is 27.8 Å². The molecule has 5 aromatic heterocycles. The van der Waals surface area contributed by atoms with Crippen molar-refractivity contribution in [3.05, 3.63) is 224 Å². The van der Waals surface area contributed by atoms with Gasteiger partial charge in [-0.2, -0.15) is 9.97 Å². The van der Waals surface area contributed by atoms with Crippen molar-refractivity contribution < 1.29 is 4.42 Å². The number of hydrogen-bond acceptors (Lipinski definition) is 5. The van der Waals surface area contributed by atoms with Crippen LogP contribution >= 0.6 is 11.3 Å². The summed E-state index contributed by atoms with van der Waals surface area (Å²) >= 11 is 1.78. The molecule has 0 amide bonds. The standard InChI is InChI=1S/C63H37N5OS/c1-3-16-38(17-4-1)39-30-32-40(33-31-39)42-36-51-45-22-9-13-28-55(45)69-59(51)54(37-42)67-52-26-11-7-20-43(52)47-34-35-48-44-21-8-12-27-53(44)68(58(48)57(47)67)63-65-61(41-18-5-2-6-19-41)64-62(66-63)50-25-15-24-49-46-23-10-14-29-56(46)70-60(49)50/h1-37H. The molecule has 7 heteroatoms. The molecule has 0 N–H and O–H groups in total. The summed E-state index contributed by atoms with van der Waals surface area (Å²) in [5.74, 6) is 1.76.